The summed E-state index contributed by atoms with van der Waals surface area (Å²) in [5, 5.41) is 22.1. The zero-order valence-electron chi connectivity index (χ0n) is 10.2. The van der Waals surface area contributed by atoms with Crippen LogP contribution in [0.25, 0.3) is 0 Å². The first-order valence-electron chi connectivity index (χ1n) is 5.44. The molecule has 0 aliphatic rings. The lowest BCUT2D eigenvalue weighted by atomic mass is 10.2. The Kier molecular flexibility index (Phi) is 4.39. The van der Waals surface area contributed by atoms with E-state index in [0.29, 0.717) is 15.2 Å². The van der Waals surface area contributed by atoms with E-state index in [2.05, 4.69) is 15.9 Å². The number of nitrogens with zero attached hydrogens (tertiary/aromatic N) is 2. The van der Waals surface area contributed by atoms with Crippen molar-refractivity contribution in [1.82, 2.24) is 0 Å². The quantitative estimate of drug-likeness (QED) is 0.571. The average Bonchev–Trinajstić information content (AvgIpc) is 2.41. The number of hydrogen-bond donors (Lipinski definition) is 0. The van der Waals surface area contributed by atoms with E-state index < -0.39 is 15.5 Å². The Labute approximate surface area is 131 Å². The van der Waals surface area contributed by atoms with E-state index in [-0.39, 0.29) is 11.4 Å². The lowest BCUT2D eigenvalue weighted by Crippen LogP contribution is -1.96. The molecule has 0 atom stereocenters. The summed E-state index contributed by atoms with van der Waals surface area (Å²) in [7, 11) is 0. The van der Waals surface area contributed by atoms with Gasteiger partial charge in [0.1, 0.15) is 5.75 Å². The van der Waals surface area contributed by atoms with E-state index in [1.54, 1.807) is 12.1 Å². The van der Waals surface area contributed by atoms with Gasteiger partial charge in [0.25, 0.3) is 5.69 Å². The maximum atomic E-state index is 11.0. The van der Waals surface area contributed by atoms with Gasteiger partial charge in [0.2, 0.25) is 5.75 Å². The standard InChI is InChI=1S/C12H6BrClN2O5/c13-9-5-7(14)1-3-11(9)21-12-4-2-8(15(17)18)6-10(12)16(19)20/h1-6H. The highest BCUT2D eigenvalue weighted by Gasteiger charge is 2.21. The Balaban J connectivity index is 2.44. The molecule has 0 amide bonds. The van der Waals surface area contributed by atoms with Gasteiger partial charge in [-0.25, -0.2) is 0 Å². The maximum Gasteiger partial charge on any atom is 0.318 e. The normalized spacial score (nSPS) is 10.2. The molecule has 0 N–H and O–H groups in total. The molecular formula is C12H6BrClN2O5. The van der Waals surface area contributed by atoms with Crippen LogP contribution in [0.4, 0.5) is 11.4 Å². The second-order valence-corrected chi connectivity index (χ2v) is 5.13. The Morgan fingerprint density at radius 1 is 1.00 bits per heavy atom. The first-order valence-corrected chi connectivity index (χ1v) is 6.61. The van der Waals surface area contributed by atoms with Crippen LogP contribution in [0.3, 0.4) is 0 Å². The second-order valence-electron chi connectivity index (χ2n) is 3.84. The minimum Gasteiger partial charge on any atom is -0.449 e. The van der Waals surface area contributed by atoms with Crippen LogP contribution < -0.4 is 4.74 Å². The third kappa shape index (κ3) is 3.47. The molecule has 108 valence electrons. The van der Waals surface area contributed by atoms with Crippen molar-refractivity contribution in [3.8, 4) is 11.5 Å². The molecule has 0 aliphatic heterocycles. The zero-order valence-corrected chi connectivity index (χ0v) is 12.5. The number of hydrogen-bond acceptors (Lipinski definition) is 5. The number of nitro benzene ring substituents is 2. The van der Waals surface area contributed by atoms with E-state index in [9.17, 15) is 20.2 Å². The summed E-state index contributed by atoms with van der Waals surface area (Å²) >= 11 is 9.00. The summed E-state index contributed by atoms with van der Waals surface area (Å²) in [4.78, 5) is 20.2. The summed E-state index contributed by atoms with van der Waals surface area (Å²) in [5.41, 5.74) is -0.879. The molecule has 2 aromatic rings. The highest BCUT2D eigenvalue weighted by Crippen LogP contribution is 2.37. The third-order valence-corrected chi connectivity index (χ3v) is 3.32. The van der Waals surface area contributed by atoms with Gasteiger partial charge in [-0.05, 0) is 40.2 Å². The van der Waals surface area contributed by atoms with Gasteiger partial charge in [-0.2, -0.15) is 0 Å². The van der Waals surface area contributed by atoms with Gasteiger partial charge < -0.3 is 4.74 Å². The van der Waals surface area contributed by atoms with Gasteiger partial charge in [0.15, 0.2) is 0 Å². The number of non-ortho nitro benzene ring substituents is 1. The lowest BCUT2D eigenvalue weighted by Gasteiger charge is -2.08. The van der Waals surface area contributed by atoms with Gasteiger partial charge in [-0.15, -0.1) is 0 Å². The average molecular weight is 374 g/mol. The number of halogens is 2. The van der Waals surface area contributed by atoms with Crippen LogP contribution in [0.5, 0.6) is 11.5 Å². The van der Waals surface area contributed by atoms with E-state index in [4.69, 9.17) is 16.3 Å². The molecule has 0 aromatic heterocycles. The smallest absolute Gasteiger partial charge is 0.318 e. The first-order chi connectivity index (χ1) is 9.88. The van der Waals surface area contributed by atoms with E-state index in [1.807, 2.05) is 0 Å². The largest absolute Gasteiger partial charge is 0.449 e. The van der Waals surface area contributed by atoms with Gasteiger partial charge in [-0.1, -0.05) is 11.6 Å². The van der Waals surface area contributed by atoms with Crippen LogP contribution >= 0.6 is 27.5 Å². The van der Waals surface area contributed by atoms with Crippen molar-refractivity contribution in [3.63, 3.8) is 0 Å². The van der Waals surface area contributed by atoms with E-state index in [1.165, 1.54) is 12.1 Å². The molecule has 9 heteroatoms. The van der Waals surface area contributed by atoms with Crippen LogP contribution in [0.2, 0.25) is 5.02 Å². The fraction of sp³-hybridized carbons (Fsp3) is 0. The second kappa shape index (κ2) is 6.06. The molecule has 7 nitrogen and oxygen atoms in total. The van der Waals surface area contributed by atoms with Crippen LogP contribution in [0, 0.1) is 20.2 Å². The molecule has 0 heterocycles. The SMILES string of the molecule is O=[N+]([O-])c1ccc(Oc2ccc(Cl)cc2Br)c([N+](=O)[O-])c1. The predicted octanol–water partition coefficient (Wildman–Crippen LogP) is 4.71. The zero-order chi connectivity index (χ0) is 15.6. The molecule has 2 rings (SSSR count). The summed E-state index contributed by atoms with van der Waals surface area (Å²) in [6, 6.07) is 7.80. The van der Waals surface area contributed by atoms with Crippen molar-refractivity contribution < 1.29 is 14.6 Å². The van der Waals surface area contributed by atoms with Gasteiger partial charge in [0.05, 0.1) is 20.4 Å². The Morgan fingerprint density at radius 2 is 1.67 bits per heavy atom. The fourth-order valence-electron chi connectivity index (χ4n) is 1.52. The van der Waals surface area contributed by atoms with Crippen LogP contribution in [-0.4, -0.2) is 9.85 Å². The molecule has 0 aliphatic carbocycles. The monoisotopic (exact) mass is 372 g/mol. The number of nitro groups is 2. The first kappa shape index (κ1) is 15.2. The minimum absolute atomic E-state index is 0.103. The number of benzene rings is 2. The van der Waals surface area contributed by atoms with Gasteiger partial charge >= 0.3 is 5.69 Å². The number of rotatable bonds is 4. The van der Waals surface area contributed by atoms with Gasteiger partial charge in [-0.3, -0.25) is 20.2 Å². The summed E-state index contributed by atoms with van der Waals surface area (Å²) in [6.45, 7) is 0. The van der Waals surface area contributed by atoms with E-state index >= 15 is 0 Å². The van der Waals surface area contributed by atoms with E-state index in [0.717, 1.165) is 12.1 Å². The van der Waals surface area contributed by atoms with Crippen molar-refractivity contribution in [2.24, 2.45) is 0 Å². The summed E-state index contributed by atoms with van der Waals surface area (Å²) in [6.07, 6.45) is 0. The molecule has 0 saturated heterocycles. The number of ether oxygens (including phenoxy) is 1. The third-order valence-electron chi connectivity index (χ3n) is 2.46. The molecule has 0 radical (unpaired) electrons. The molecular weight excluding hydrogens is 367 g/mol. The molecule has 0 spiro atoms. The van der Waals surface area contributed by atoms with Crippen molar-refractivity contribution in [1.29, 1.82) is 0 Å². The topological polar surface area (TPSA) is 95.5 Å². The molecule has 0 fully saturated rings. The Morgan fingerprint density at radius 3 is 2.24 bits per heavy atom. The van der Waals surface area contributed by atoms with Crippen molar-refractivity contribution >= 4 is 38.9 Å². The lowest BCUT2D eigenvalue weighted by molar-refractivity contribution is -0.394. The summed E-state index contributed by atoms with van der Waals surface area (Å²) < 4.78 is 5.92. The van der Waals surface area contributed by atoms with Crippen molar-refractivity contribution in [2.75, 3.05) is 0 Å². The molecule has 2 aromatic carbocycles. The summed E-state index contributed by atoms with van der Waals surface area (Å²) in [5.74, 6) is 0.199. The molecule has 0 unspecified atom stereocenters. The fourth-order valence-corrected chi connectivity index (χ4v) is 2.29. The van der Waals surface area contributed by atoms with Crippen LogP contribution in [0.15, 0.2) is 40.9 Å². The highest BCUT2D eigenvalue weighted by molar-refractivity contribution is 9.10. The van der Waals surface area contributed by atoms with Crippen LogP contribution in [-0.2, 0) is 0 Å². The Hall–Kier alpha value is -2.19. The van der Waals surface area contributed by atoms with Crippen LogP contribution in [0.1, 0.15) is 0 Å². The minimum atomic E-state index is -0.744. The van der Waals surface area contributed by atoms with Crippen molar-refractivity contribution in [2.45, 2.75) is 0 Å². The van der Waals surface area contributed by atoms with Gasteiger partial charge in [0, 0.05) is 11.1 Å². The Bertz CT molecular complexity index is 738. The molecule has 0 saturated carbocycles. The predicted molar refractivity (Wildman–Crippen MR) is 79.0 cm³/mol. The molecule has 21 heavy (non-hydrogen) atoms. The highest BCUT2D eigenvalue weighted by atomic mass is 79.9. The maximum absolute atomic E-state index is 11.0. The molecule has 0 bridgehead atoms. The van der Waals surface area contributed by atoms with Crippen molar-refractivity contribution in [3.05, 3.63) is 66.1 Å².